The maximum absolute atomic E-state index is 11.6. The zero-order valence-corrected chi connectivity index (χ0v) is 11.0. The standard InChI is InChI=1S/C16H15N3O/c17-10-13-6-8-15(9-7-13)12-19-16(20)18-11-14-4-2-1-3-5-14/h1-9H,11-12H2,(H2,18,19,20). The highest BCUT2D eigenvalue weighted by Gasteiger charge is 2.00. The van der Waals surface area contributed by atoms with Crippen molar-refractivity contribution in [2.45, 2.75) is 13.1 Å². The Morgan fingerprint density at radius 1 is 0.900 bits per heavy atom. The lowest BCUT2D eigenvalue weighted by atomic mass is 10.1. The lowest BCUT2D eigenvalue weighted by Gasteiger charge is -2.07. The quantitative estimate of drug-likeness (QED) is 0.892. The number of carbonyl (C=O) groups excluding carboxylic acids is 1. The van der Waals surface area contributed by atoms with Gasteiger partial charge in [0.25, 0.3) is 0 Å². The molecular weight excluding hydrogens is 250 g/mol. The molecule has 0 spiro atoms. The Morgan fingerprint density at radius 3 is 2.00 bits per heavy atom. The molecule has 4 nitrogen and oxygen atoms in total. The molecule has 0 heterocycles. The Morgan fingerprint density at radius 2 is 1.45 bits per heavy atom. The molecule has 0 saturated carbocycles. The second-order valence-corrected chi connectivity index (χ2v) is 4.33. The smallest absolute Gasteiger partial charge is 0.315 e. The van der Waals surface area contributed by atoms with Crippen molar-refractivity contribution in [1.29, 1.82) is 5.26 Å². The average Bonchev–Trinajstić information content (AvgIpc) is 2.52. The summed E-state index contributed by atoms with van der Waals surface area (Å²) < 4.78 is 0. The van der Waals surface area contributed by atoms with Gasteiger partial charge in [-0.25, -0.2) is 4.79 Å². The third-order valence-corrected chi connectivity index (χ3v) is 2.83. The van der Waals surface area contributed by atoms with Crippen molar-refractivity contribution < 1.29 is 4.79 Å². The van der Waals surface area contributed by atoms with Crippen LogP contribution in [0.25, 0.3) is 0 Å². The van der Waals surface area contributed by atoms with Crippen LogP contribution in [0.3, 0.4) is 0 Å². The molecule has 2 rings (SSSR count). The first kappa shape index (κ1) is 13.6. The summed E-state index contributed by atoms with van der Waals surface area (Å²) in [5.41, 5.74) is 2.63. The van der Waals surface area contributed by atoms with Crippen molar-refractivity contribution in [3.63, 3.8) is 0 Å². The lowest BCUT2D eigenvalue weighted by molar-refractivity contribution is 0.240. The fraction of sp³-hybridized carbons (Fsp3) is 0.125. The first-order valence-corrected chi connectivity index (χ1v) is 6.32. The molecule has 0 atom stereocenters. The van der Waals surface area contributed by atoms with E-state index in [4.69, 9.17) is 5.26 Å². The maximum atomic E-state index is 11.6. The van der Waals surface area contributed by atoms with Crippen LogP contribution in [0.1, 0.15) is 16.7 Å². The minimum atomic E-state index is -0.210. The molecule has 0 bridgehead atoms. The highest BCUT2D eigenvalue weighted by Crippen LogP contribution is 2.02. The largest absolute Gasteiger partial charge is 0.334 e. The molecule has 0 aliphatic carbocycles. The van der Waals surface area contributed by atoms with Crippen LogP contribution < -0.4 is 10.6 Å². The number of nitriles is 1. The SMILES string of the molecule is N#Cc1ccc(CNC(=O)NCc2ccccc2)cc1. The van der Waals surface area contributed by atoms with E-state index < -0.39 is 0 Å². The van der Waals surface area contributed by atoms with Gasteiger partial charge in [-0.1, -0.05) is 42.5 Å². The van der Waals surface area contributed by atoms with Gasteiger partial charge in [-0.2, -0.15) is 5.26 Å². The summed E-state index contributed by atoms with van der Waals surface area (Å²) in [4.78, 5) is 11.6. The van der Waals surface area contributed by atoms with E-state index >= 15 is 0 Å². The van der Waals surface area contributed by atoms with Crippen LogP contribution in [-0.2, 0) is 13.1 Å². The minimum Gasteiger partial charge on any atom is -0.334 e. The number of nitrogens with zero attached hydrogens (tertiary/aromatic N) is 1. The minimum absolute atomic E-state index is 0.210. The molecule has 20 heavy (non-hydrogen) atoms. The topological polar surface area (TPSA) is 64.9 Å². The summed E-state index contributed by atoms with van der Waals surface area (Å²) in [6.07, 6.45) is 0. The number of rotatable bonds is 4. The van der Waals surface area contributed by atoms with E-state index in [1.807, 2.05) is 42.5 Å². The summed E-state index contributed by atoms with van der Waals surface area (Å²) in [6, 6.07) is 18.7. The fourth-order valence-corrected chi connectivity index (χ4v) is 1.72. The van der Waals surface area contributed by atoms with E-state index in [1.165, 1.54) is 0 Å². The second-order valence-electron chi connectivity index (χ2n) is 4.33. The first-order chi connectivity index (χ1) is 9.78. The Balaban J connectivity index is 1.76. The van der Waals surface area contributed by atoms with Crippen molar-refractivity contribution >= 4 is 6.03 Å². The van der Waals surface area contributed by atoms with Crippen LogP contribution in [0.2, 0.25) is 0 Å². The van der Waals surface area contributed by atoms with E-state index in [-0.39, 0.29) is 6.03 Å². The van der Waals surface area contributed by atoms with Gasteiger partial charge in [0.1, 0.15) is 0 Å². The highest BCUT2D eigenvalue weighted by atomic mass is 16.2. The first-order valence-electron chi connectivity index (χ1n) is 6.32. The summed E-state index contributed by atoms with van der Waals surface area (Å²) in [7, 11) is 0. The Labute approximate surface area is 118 Å². The van der Waals surface area contributed by atoms with Gasteiger partial charge in [0.2, 0.25) is 0 Å². The van der Waals surface area contributed by atoms with Crippen molar-refractivity contribution in [1.82, 2.24) is 10.6 Å². The van der Waals surface area contributed by atoms with Crippen LogP contribution in [-0.4, -0.2) is 6.03 Å². The monoisotopic (exact) mass is 265 g/mol. The number of amides is 2. The van der Waals surface area contributed by atoms with Crippen LogP contribution in [0.5, 0.6) is 0 Å². The molecule has 0 radical (unpaired) electrons. The molecule has 100 valence electrons. The number of benzene rings is 2. The molecule has 2 amide bonds. The molecule has 0 aromatic heterocycles. The van der Waals surface area contributed by atoms with E-state index in [9.17, 15) is 4.79 Å². The zero-order chi connectivity index (χ0) is 14.2. The third kappa shape index (κ3) is 4.14. The molecule has 0 aliphatic heterocycles. The van der Waals surface area contributed by atoms with Gasteiger partial charge in [-0.3, -0.25) is 0 Å². The van der Waals surface area contributed by atoms with Crippen LogP contribution in [0.15, 0.2) is 54.6 Å². The average molecular weight is 265 g/mol. The van der Waals surface area contributed by atoms with Gasteiger partial charge in [0.15, 0.2) is 0 Å². The van der Waals surface area contributed by atoms with Crippen LogP contribution in [0, 0.1) is 11.3 Å². The number of nitrogens with one attached hydrogen (secondary N) is 2. The lowest BCUT2D eigenvalue weighted by Crippen LogP contribution is -2.34. The fourth-order valence-electron chi connectivity index (χ4n) is 1.72. The van der Waals surface area contributed by atoms with E-state index in [0.717, 1.165) is 11.1 Å². The molecule has 4 heteroatoms. The molecule has 0 unspecified atom stereocenters. The van der Waals surface area contributed by atoms with Gasteiger partial charge < -0.3 is 10.6 Å². The maximum Gasteiger partial charge on any atom is 0.315 e. The molecule has 2 N–H and O–H groups in total. The molecule has 2 aromatic carbocycles. The van der Waals surface area contributed by atoms with Gasteiger partial charge >= 0.3 is 6.03 Å². The zero-order valence-electron chi connectivity index (χ0n) is 11.0. The Bertz CT molecular complexity index is 600. The van der Waals surface area contributed by atoms with Crippen molar-refractivity contribution in [3.8, 4) is 6.07 Å². The predicted octanol–water partition coefficient (Wildman–Crippen LogP) is 2.56. The van der Waals surface area contributed by atoms with E-state index in [2.05, 4.69) is 16.7 Å². The molecule has 0 fully saturated rings. The number of carbonyl (C=O) groups is 1. The van der Waals surface area contributed by atoms with Crippen molar-refractivity contribution in [2.24, 2.45) is 0 Å². The summed E-state index contributed by atoms with van der Waals surface area (Å²) in [5.74, 6) is 0. The van der Waals surface area contributed by atoms with Crippen molar-refractivity contribution in [3.05, 3.63) is 71.3 Å². The normalized spacial score (nSPS) is 9.55. The number of hydrogen-bond donors (Lipinski definition) is 2. The van der Waals surface area contributed by atoms with Gasteiger partial charge in [0.05, 0.1) is 11.6 Å². The van der Waals surface area contributed by atoms with Crippen LogP contribution in [0.4, 0.5) is 4.79 Å². The van der Waals surface area contributed by atoms with Crippen molar-refractivity contribution in [2.75, 3.05) is 0 Å². The molecular formula is C16H15N3O. The number of hydrogen-bond acceptors (Lipinski definition) is 2. The van der Waals surface area contributed by atoms with Gasteiger partial charge in [-0.15, -0.1) is 0 Å². The molecule has 0 saturated heterocycles. The second kappa shape index (κ2) is 6.95. The third-order valence-electron chi connectivity index (χ3n) is 2.83. The highest BCUT2D eigenvalue weighted by molar-refractivity contribution is 5.73. The Hall–Kier alpha value is -2.80. The summed E-state index contributed by atoms with van der Waals surface area (Å²) in [5, 5.41) is 14.3. The van der Waals surface area contributed by atoms with E-state index in [1.54, 1.807) is 12.1 Å². The Kier molecular flexibility index (Phi) is 4.74. The summed E-state index contributed by atoms with van der Waals surface area (Å²) in [6.45, 7) is 0.937. The van der Waals surface area contributed by atoms with E-state index in [0.29, 0.717) is 18.7 Å². The van der Waals surface area contributed by atoms with Crippen LogP contribution >= 0.6 is 0 Å². The molecule has 0 aliphatic rings. The summed E-state index contributed by atoms with van der Waals surface area (Å²) >= 11 is 0. The van der Waals surface area contributed by atoms with Gasteiger partial charge in [0, 0.05) is 13.1 Å². The predicted molar refractivity (Wildman–Crippen MR) is 76.7 cm³/mol. The number of urea groups is 1. The molecule has 2 aromatic rings. The van der Waals surface area contributed by atoms with Gasteiger partial charge in [-0.05, 0) is 23.3 Å².